The van der Waals surface area contributed by atoms with Gasteiger partial charge in [-0.25, -0.2) is 9.59 Å². The third-order valence-corrected chi connectivity index (χ3v) is 5.21. The van der Waals surface area contributed by atoms with E-state index in [1.54, 1.807) is 18.2 Å². The van der Waals surface area contributed by atoms with Crippen LogP contribution in [0, 0.1) is 5.92 Å². The lowest BCUT2D eigenvalue weighted by atomic mass is 9.97. The lowest BCUT2D eigenvalue weighted by Gasteiger charge is -2.28. The molecule has 2 unspecified atom stereocenters. The highest BCUT2D eigenvalue weighted by Gasteiger charge is 2.46. The standard InChI is InChI=1S/C23H26ClF2NO4/c1-4-15(2)13-19(21(28)30-3)27-22(29)31-20(16-9-6-5-7-10-16)23(25,26)17-11-8-12-18(24)14-17/h5-12,14-15,19-20H,4,13H2,1-3H3,(H,27,29)/t15?,19-,20?/m0/s1. The summed E-state index contributed by atoms with van der Waals surface area (Å²) < 4.78 is 40.7. The van der Waals surface area contributed by atoms with Crippen LogP contribution in [-0.2, 0) is 20.2 Å². The SMILES string of the molecule is CCC(C)C[C@H](NC(=O)OC(c1ccccc1)C(F)(F)c1cccc(Cl)c1)C(=O)OC. The Morgan fingerprint density at radius 2 is 1.81 bits per heavy atom. The van der Waals surface area contributed by atoms with Gasteiger partial charge in [0.1, 0.15) is 6.04 Å². The van der Waals surface area contributed by atoms with Gasteiger partial charge in [0.25, 0.3) is 0 Å². The van der Waals surface area contributed by atoms with Crippen molar-refractivity contribution in [3.05, 3.63) is 70.7 Å². The van der Waals surface area contributed by atoms with Crippen molar-refractivity contribution in [2.45, 2.75) is 44.8 Å². The molecular weight excluding hydrogens is 428 g/mol. The van der Waals surface area contributed by atoms with Crippen molar-refractivity contribution < 1.29 is 27.8 Å². The normalized spacial score (nSPS) is 14.3. The number of nitrogens with one attached hydrogen (secondary N) is 1. The summed E-state index contributed by atoms with van der Waals surface area (Å²) in [5.74, 6) is -4.15. The van der Waals surface area contributed by atoms with E-state index in [1.165, 1.54) is 37.4 Å². The van der Waals surface area contributed by atoms with Gasteiger partial charge in [-0.1, -0.05) is 74.3 Å². The quantitative estimate of drug-likeness (QED) is 0.482. The largest absolute Gasteiger partial charge is 0.467 e. The Hall–Kier alpha value is -2.67. The molecule has 0 spiro atoms. The number of esters is 1. The molecular formula is C23H26ClF2NO4. The van der Waals surface area contributed by atoms with Gasteiger partial charge < -0.3 is 14.8 Å². The fraction of sp³-hybridized carbons (Fsp3) is 0.391. The van der Waals surface area contributed by atoms with Crippen molar-refractivity contribution in [3.63, 3.8) is 0 Å². The number of alkyl halides is 2. The summed E-state index contributed by atoms with van der Waals surface area (Å²) >= 11 is 5.88. The maximum Gasteiger partial charge on any atom is 0.408 e. The average Bonchev–Trinajstić information content (AvgIpc) is 2.76. The fourth-order valence-corrected chi connectivity index (χ4v) is 3.23. The van der Waals surface area contributed by atoms with Crippen LogP contribution in [0.2, 0.25) is 5.02 Å². The molecule has 31 heavy (non-hydrogen) atoms. The van der Waals surface area contributed by atoms with Crippen LogP contribution in [-0.4, -0.2) is 25.2 Å². The van der Waals surface area contributed by atoms with Gasteiger partial charge in [-0.2, -0.15) is 8.78 Å². The Bertz CT molecular complexity index is 879. The third-order valence-electron chi connectivity index (χ3n) is 4.98. The predicted molar refractivity (Wildman–Crippen MR) is 114 cm³/mol. The highest BCUT2D eigenvalue weighted by Crippen LogP contribution is 2.43. The lowest BCUT2D eigenvalue weighted by molar-refractivity contribution is -0.144. The van der Waals surface area contributed by atoms with Gasteiger partial charge in [0.05, 0.1) is 7.11 Å². The van der Waals surface area contributed by atoms with Gasteiger partial charge in [-0.15, -0.1) is 0 Å². The van der Waals surface area contributed by atoms with Crippen LogP contribution in [0.15, 0.2) is 54.6 Å². The molecule has 5 nitrogen and oxygen atoms in total. The van der Waals surface area contributed by atoms with Crippen LogP contribution < -0.4 is 5.32 Å². The summed E-state index contributed by atoms with van der Waals surface area (Å²) in [5.41, 5.74) is -0.301. The molecule has 0 fully saturated rings. The summed E-state index contributed by atoms with van der Waals surface area (Å²) in [5, 5.41) is 2.51. The van der Waals surface area contributed by atoms with Gasteiger partial charge >= 0.3 is 18.0 Å². The number of methoxy groups -OCH3 is 1. The number of carbonyl (C=O) groups excluding carboxylic acids is 2. The van der Waals surface area contributed by atoms with E-state index in [1.807, 2.05) is 13.8 Å². The van der Waals surface area contributed by atoms with Crippen LogP contribution in [0.1, 0.15) is 43.9 Å². The fourth-order valence-electron chi connectivity index (χ4n) is 3.04. The van der Waals surface area contributed by atoms with Crippen molar-refractivity contribution in [2.75, 3.05) is 7.11 Å². The molecule has 2 rings (SSSR count). The maximum absolute atomic E-state index is 15.4. The molecule has 2 aromatic carbocycles. The molecule has 0 aliphatic rings. The molecule has 1 N–H and O–H groups in total. The van der Waals surface area contributed by atoms with Crippen molar-refractivity contribution in [3.8, 4) is 0 Å². The predicted octanol–water partition coefficient (Wildman–Crippen LogP) is 5.88. The number of hydrogen-bond donors (Lipinski definition) is 1. The number of hydrogen-bond acceptors (Lipinski definition) is 4. The van der Waals surface area contributed by atoms with E-state index < -0.39 is 35.7 Å². The molecule has 0 saturated carbocycles. The van der Waals surface area contributed by atoms with Gasteiger partial charge in [-0.05, 0) is 30.0 Å². The smallest absolute Gasteiger partial charge is 0.408 e. The topological polar surface area (TPSA) is 64.6 Å². The number of alkyl carbamates (subject to hydrolysis) is 1. The molecule has 0 bridgehead atoms. The molecule has 3 atom stereocenters. The first-order chi connectivity index (χ1) is 14.7. The minimum Gasteiger partial charge on any atom is -0.467 e. The molecule has 168 valence electrons. The van der Waals surface area contributed by atoms with E-state index in [0.29, 0.717) is 6.42 Å². The number of carbonyl (C=O) groups is 2. The zero-order chi connectivity index (χ0) is 23.0. The number of ether oxygens (including phenoxy) is 2. The number of halogens is 3. The zero-order valence-corrected chi connectivity index (χ0v) is 18.4. The summed E-state index contributed by atoms with van der Waals surface area (Å²) in [4.78, 5) is 24.6. The van der Waals surface area contributed by atoms with E-state index >= 15 is 8.78 Å². The summed E-state index contributed by atoms with van der Waals surface area (Å²) in [6.45, 7) is 3.84. The molecule has 0 aliphatic carbocycles. The van der Waals surface area contributed by atoms with Crippen molar-refractivity contribution >= 4 is 23.7 Å². The number of rotatable bonds is 9. The summed E-state index contributed by atoms with van der Waals surface area (Å²) in [6, 6.07) is 11.9. The first-order valence-electron chi connectivity index (χ1n) is 9.92. The minimum absolute atomic E-state index is 0.0965. The number of benzene rings is 2. The number of amides is 1. The van der Waals surface area contributed by atoms with Crippen LogP contribution in [0.5, 0.6) is 0 Å². The van der Waals surface area contributed by atoms with Crippen molar-refractivity contribution in [2.24, 2.45) is 5.92 Å². The van der Waals surface area contributed by atoms with Crippen LogP contribution in [0.25, 0.3) is 0 Å². The average molecular weight is 454 g/mol. The van der Waals surface area contributed by atoms with Gasteiger partial charge in [0.2, 0.25) is 0 Å². The Labute approximate surface area is 185 Å². The molecule has 0 aromatic heterocycles. The Morgan fingerprint density at radius 3 is 2.39 bits per heavy atom. The molecule has 0 radical (unpaired) electrons. The van der Waals surface area contributed by atoms with Crippen LogP contribution >= 0.6 is 11.6 Å². The summed E-state index contributed by atoms with van der Waals surface area (Å²) in [7, 11) is 1.19. The van der Waals surface area contributed by atoms with E-state index in [4.69, 9.17) is 21.1 Å². The Balaban J connectivity index is 2.31. The molecule has 2 aromatic rings. The second-order valence-electron chi connectivity index (χ2n) is 7.30. The van der Waals surface area contributed by atoms with E-state index in [2.05, 4.69) is 5.32 Å². The molecule has 8 heteroatoms. The second kappa shape index (κ2) is 11.1. The molecule has 1 amide bonds. The van der Waals surface area contributed by atoms with Crippen molar-refractivity contribution in [1.29, 1.82) is 0 Å². The van der Waals surface area contributed by atoms with E-state index in [0.717, 1.165) is 12.5 Å². The van der Waals surface area contributed by atoms with Gasteiger partial charge in [0.15, 0.2) is 6.10 Å². The molecule has 0 aliphatic heterocycles. The van der Waals surface area contributed by atoms with Crippen molar-refractivity contribution in [1.82, 2.24) is 5.32 Å². The zero-order valence-electron chi connectivity index (χ0n) is 17.6. The Kier molecular flexibility index (Phi) is 8.80. The highest BCUT2D eigenvalue weighted by atomic mass is 35.5. The summed E-state index contributed by atoms with van der Waals surface area (Å²) in [6.07, 6.45) is -2.02. The first-order valence-corrected chi connectivity index (χ1v) is 10.3. The Morgan fingerprint density at radius 1 is 1.13 bits per heavy atom. The minimum atomic E-state index is -3.58. The molecule has 0 heterocycles. The second-order valence-corrected chi connectivity index (χ2v) is 7.73. The lowest BCUT2D eigenvalue weighted by Crippen LogP contribution is -2.44. The van der Waals surface area contributed by atoms with E-state index in [-0.39, 0.29) is 16.5 Å². The third kappa shape index (κ3) is 6.66. The van der Waals surface area contributed by atoms with Gasteiger partial charge in [-0.3, -0.25) is 0 Å². The molecule has 0 saturated heterocycles. The maximum atomic E-state index is 15.4. The monoisotopic (exact) mass is 453 g/mol. The first kappa shape index (κ1) is 24.6. The van der Waals surface area contributed by atoms with Crippen LogP contribution in [0.3, 0.4) is 0 Å². The van der Waals surface area contributed by atoms with Gasteiger partial charge in [0, 0.05) is 10.6 Å². The highest BCUT2D eigenvalue weighted by molar-refractivity contribution is 6.30. The van der Waals surface area contributed by atoms with Crippen LogP contribution in [0.4, 0.5) is 13.6 Å². The van der Waals surface area contributed by atoms with E-state index in [9.17, 15) is 9.59 Å².